The van der Waals surface area contributed by atoms with Crippen molar-refractivity contribution in [1.29, 1.82) is 0 Å². The van der Waals surface area contributed by atoms with E-state index in [2.05, 4.69) is 5.23 Å². The molecule has 80 valence electrons. The van der Waals surface area contributed by atoms with Crippen LogP contribution in [-0.2, 0) is 15.9 Å². The summed E-state index contributed by atoms with van der Waals surface area (Å²) in [5.41, 5.74) is 0.961. The molecule has 0 unspecified atom stereocenters. The van der Waals surface area contributed by atoms with Crippen LogP contribution in [0.3, 0.4) is 0 Å². The van der Waals surface area contributed by atoms with E-state index in [1.54, 1.807) is 12.2 Å². The first kappa shape index (κ1) is 10.5. The highest BCUT2D eigenvalue weighted by atomic mass is 16.5. The number of hydrogen-bond acceptors (Lipinski definition) is 3. The summed E-state index contributed by atoms with van der Waals surface area (Å²) in [5.74, 6) is 1.56. The molecule has 1 aliphatic rings. The molecule has 1 heterocycles. The minimum Gasteiger partial charge on any atom is -0.511 e. The van der Waals surface area contributed by atoms with Crippen LogP contribution in [0.2, 0.25) is 0 Å². The van der Waals surface area contributed by atoms with Gasteiger partial charge in [-0.1, -0.05) is 36.4 Å². The van der Waals surface area contributed by atoms with Gasteiger partial charge in [0.25, 0.3) is 5.97 Å². The maximum atomic E-state index is 11.6. The molecule has 1 aromatic rings. The van der Waals surface area contributed by atoms with Gasteiger partial charge in [0.15, 0.2) is 0 Å². The molecule has 1 N–H and O–H groups in total. The van der Waals surface area contributed by atoms with Gasteiger partial charge in [0.05, 0.1) is 6.42 Å². The Bertz CT molecular complexity index is 414. The van der Waals surface area contributed by atoms with E-state index in [0.717, 1.165) is 5.56 Å². The average molecular weight is 213 g/mol. The molecule has 2 rings (SSSR count). The molecule has 0 radical (unpaired) electrons. The first-order valence-electron chi connectivity index (χ1n) is 5.17. The minimum atomic E-state index is -0.346. The van der Waals surface area contributed by atoms with Gasteiger partial charge in [0.1, 0.15) is 0 Å². The fourth-order valence-corrected chi connectivity index (χ4v) is 1.45. The van der Waals surface area contributed by atoms with E-state index in [0.29, 0.717) is 6.42 Å². The fourth-order valence-electron chi connectivity index (χ4n) is 1.45. The van der Waals surface area contributed by atoms with Crippen molar-refractivity contribution in [3.05, 3.63) is 60.2 Å². The molecule has 0 fully saturated rings. The molecule has 0 saturated heterocycles. The Morgan fingerprint density at radius 2 is 2.06 bits per heavy atom. The summed E-state index contributed by atoms with van der Waals surface area (Å²) in [6.45, 7) is 0. The Morgan fingerprint density at radius 1 is 1.25 bits per heavy atom. The molecular formula is C12H12BNO2. The van der Waals surface area contributed by atoms with Crippen LogP contribution in [0.4, 0.5) is 0 Å². The largest absolute Gasteiger partial charge is 0.511 e. The van der Waals surface area contributed by atoms with Gasteiger partial charge in [-0.25, -0.2) is 0 Å². The van der Waals surface area contributed by atoms with E-state index < -0.39 is 0 Å². The van der Waals surface area contributed by atoms with Crippen molar-refractivity contribution < 1.29 is 9.45 Å². The first-order chi connectivity index (χ1) is 7.84. The van der Waals surface area contributed by atoms with Crippen molar-refractivity contribution >= 4 is 13.0 Å². The highest BCUT2D eigenvalue weighted by Crippen LogP contribution is 2.02. The smallest absolute Gasteiger partial charge is 0.510 e. The second-order valence-corrected chi connectivity index (χ2v) is 3.48. The highest BCUT2D eigenvalue weighted by Gasteiger charge is 2.17. The summed E-state index contributed by atoms with van der Waals surface area (Å²) in [7, 11) is -0.346. The quantitative estimate of drug-likeness (QED) is 0.772. The van der Waals surface area contributed by atoms with Gasteiger partial charge >= 0.3 is 7.05 Å². The minimum absolute atomic E-state index is 0.233. The Kier molecular flexibility index (Phi) is 3.44. The second-order valence-electron chi connectivity index (χ2n) is 3.48. The zero-order valence-corrected chi connectivity index (χ0v) is 8.80. The van der Waals surface area contributed by atoms with Crippen molar-refractivity contribution in [2.75, 3.05) is 0 Å². The molecule has 1 aliphatic heterocycles. The average Bonchev–Trinajstić information content (AvgIpc) is 2.31. The molecule has 3 nitrogen and oxygen atoms in total. The van der Waals surface area contributed by atoms with E-state index >= 15 is 0 Å². The van der Waals surface area contributed by atoms with E-state index in [4.69, 9.17) is 4.65 Å². The summed E-state index contributed by atoms with van der Waals surface area (Å²) in [4.78, 5) is 11.6. The number of benzene rings is 1. The van der Waals surface area contributed by atoms with Crippen LogP contribution in [-0.4, -0.2) is 13.0 Å². The molecule has 0 atom stereocenters. The number of nitrogens with one attached hydrogen (secondary N) is 1. The van der Waals surface area contributed by atoms with Crippen LogP contribution in [0.5, 0.6) is 0 Å². The van der Waals surface area contributed by atoms with Crippen molar-refractivity contribution in [3.8, 4) is 0 Å². The van der Waals surface area contributed by atoms with E-state index in [-0.39, 0.29) is 13.0 Å². The zero-order chi connectivity index (χ0) is 11.2. The van der Waals surface area contributed by atoms with Gasteiger partial charge in [0, 0.05) is 0 Å². The third kappa shape index (κ3) is 3.02. The molecular weight excluding hydrogens is 201 g/mol. The Morgan fingerprint density at radius 3 is 2.75 bits per heavy atom. The molecule has 0 spiro atoms. The molecule has 1 aromatic carbocycles. The fraction of sp³-hybridized carbons (Fsp3) is 0.0833. The van der Waals surface area contributed by atoms with Gasteiger partial charge < -0.3 is 9.88 Å². The summed E-state index contributed by atoms with van der Waals surface area (Å²) in [6.07, 6.45) is 5.75. The third-order valence-electron chi connectivity index (χ3n) is 2.20. The lowest BCUT2D eigenvalue weighted by atomic mass is 9.81. The zero-order valence-electron chi connectivity index (χ0n) is 8.80. The molecule has 16 heavy (non-hydrogen) atoms. The maximum absolute atomic E-state index is 11.6. The van der Waals surface area contributed by atoms with Gasteiger partial charge in [0.2, 0.25) is 0 Å². The monoisotopic (exact) mass is 213 g/mol. The lowest BCUT2D eigenvalue weighted by Gasteiger charge is -2.12. The summed E-state index contributed by atoms with van der Waals surface area (Å²) in [5, 5.41) is 2.93. The van der Waals surface area contributed by atoms with E-state index in [9.17, 15) is 4.79 Å². The number of hydrogen-bond donors (Lipinski definition) is 1. The van der Waals surface area contributed by atoms with Crippen LogP contribution >= 0.6 is 0 Å². The maximum Gasteiger partial charge on any atom is 0.510 e. The van der Waals surface area contributed by atoms with Crippen molar-refractivity contribution in [1.82, 2.24) is 5.23 Å². The Labute approximate surface area is 94.9 Å². The number of rotatable bonds is 3. The number of carbonyl (C=O) groups excluding carboxylic acids is 1. The predicted molar refractivity (Wildman–Crippen MR) is 63.4 cm³/mol. The van der Waals surface area contributed by atoms with Crippen LogP contribution < -0.4 is 5.23 Å². The third-order valence-corrected chi connectivity index (χ3v) is 2.20. The topological polar surface area (TPSA) is 38.3 Å². The Hall–Kier alpha value is -1.97. The molecule has 4 heteroatoms. The van der Waals surface area contributed by atoms with Gasteiger partial charge in [-0.05, 0) is 23.8 Å². The first-order valence-corrected chi connectivity index (χ1v) is 5.17. The molecule has 0 aliphatic carbocycles. The van der Waals surface area contributed by atoms with Crippen molar-refractivity contribution in [3.63, 3.8) is 0 Å². The van der Waals surface area contributed by atoms with Crippen molar-refractivity contribution in [2.24, 2.45) is 0 Å². The number of carbonyl (C=O) groups is 1. The van der Waals surface area contributed by atoms with E-state index in [1.807, 2.05) is 42.5 Å². The summed E-state index contributed by atoms with van der Waals surface area (Å²) >= 11 is 0. The summed E-state index contributed by atoms with van der Waals surface area (Å²) in [6, 6.07) is 9.55. The SMILES string of the molecule is O=C(Cc1ccccc1)OB1C=CC=CN1. The lowest BCUT2D eigenvalue weighted by molar-refractivity contribution is -0.134. The van der Waals surface area contributed by atoms with Gasteiger partial charge in [-0.3, -0.25) is 4.79 Å². The van der Waals surface area contributed by atoms with Gasteiger partial charge in [-0.2, -0.15) is 0 Å². The molecule has 0 amide bonds. The lowest BCUT2D eigenvalue weighted by Crippen LogP contribution is -2.35. The van der Waals surface area contributed by atoms with E-state index in [1.165, 1.54) is 0 Å². The van der Waals surface area contributed by atoms with Crippen molar-refractivity contribution in [2.45, 2.75) is 6.42 Å². The van der Waals surface area contributed by atoms with Crippen LogP contribution in [0.25, 0.3) is 0 Å². The Balaban J connectivity index is 1.85. The summed E-state index contributed by atoms with van der Waals surface area (Å²) < 4.78 is 5.21. The predicted octanol–water partition coefficient (Wildman–Crippen LogP) is 1.47. The standard InChI is InChI=1S/C12H12BNO2/c15-12(10-11-6-2-1-3-7-11)16-13-8-4-5-9-14-13/h1-9,14H,10H2. The second kappa shape index (κ2) is 5.21. The number of allylic oxidation sites excluding steroid dienone is 2. The molecule has 0 aromatic heterocycles. The van der Waals surface area contributed by atoms with Crippen LogP contribution in [0, 0.1) is 0 Å². The van der Waals surface area contributed by atoms with Crippen LogP contribution in [0.1, 0.15) is 5.56 Å². The highest BCUT2D eigenvalue weighted by molar-refractivity contribution is 6.57. The normalized spacial score (nSPS) is 13.4. The van der Waals surface area contributed by atoms with Gasteiger partial charge in [-0.15, -0.1) is 0 Å². The van der Waals surface area contributed by atoms with Crippen LogP contribution in [0.15, 0.2) is 54.7 Å². The molecule has 0 saturated carbocycles. The molecule has 0 bridgehead atoms.